The van der Waals surface area contributed by atoms with Crippen LogP contribution in [-0.4, -0.2) is 62.4 Å². The van der Waals surface area contributed by atoms with E-state index < -0.39 is 5.97 Å². The van der Waals surface area contributed by atoms with Gasteiger partial charge in [-0.2, -0.15) is 0 Å². The summed E-state index contributed by atoms with van der Waals surface area (Å²) in [6.45, 7) is 2.11. The molecular weight excluding hydrogens is 262 g/mol. The third-order valence-electron chi connectivity index (χ3n) is 3.87. The molecule has 1 N–H and O–H groups in total. The molecule has 1 fully saturated rings. The summed E-state index contributed by atoms with van der Waals surface area (Å²) in [6, 6.07) is 0. The van der Waals surface area contributed by atoms with Crippen LogP contribution in [0.1, 0.15) is 25.7 Å². The van der Waals surface area contributed by atoms with Gasteiger partial charge in [0.2, 0.25) is 5.91 Å². The van der Waals surface area contributed by atoms with Gasteiger partial charge in [-0.15, -0.1) is 0 Å². The summed E-state index contributed by atoms with van der Waals surface area (Å²) in [5.41, 5.74) is 0. The van der Waals surface area contributed by atoms with Crippen LogP contribution < -0.4 is 0 Å². The fraction of sp³-hybridized carbons (Fsp3) is 0.857. The fourth-order valence-electron chi connectivity index (χ4n) is 2.58. The van der Waals surface area contributed by atoms with Crippen LogP contribution in [0, 0.1) is 11.8 Å². The largest absolute Gasteiger partial charge is 0.481 e. The van der Waals surface area contributed by atoms with E-state index in [1.165, 1.54) is 0 Å². The molecular formula is C14H25NO5. The van der Waals surface area contributed by atoms with E-state index in [9.17, 15) is 9.59 Å². The smallest absolute Gasteiger partial charge is 0.306 e. The number of carbonyl (C=O) groups is 2. The number of carbonyl (C=O) groups excluding carboxylic acids is 1. The lowest BCUT2D eigenvalue weighted by Gasteiger charge is -2.30. The van der Waals surface area contributed by atoms with Gasteiger partial charge < -0.3 is 19.5 Å². The molecule has 0 aliphatic heterocycles. The van der Waals surface area contributed by atoms with Crippen molar-refractivity contribution in [1.29, 1.82) is 0 Å². The van der Waals surface area contributed by atoms with Gasteiger partial charge in [-0.3, -0.25) is 9.59 Å². The highest BCUT2D eigenvalue weighted by Crippen LogP contribution is 2.30. The molecule has 20 heavy (non-hydrogen) atoms. The highest BCUT2D eigenvalue weighted by Gasteiger charge is 2.31. The molecule has 116 valence electrons. The van der Waals surface area contributed by atoms with Gasteiger partial charge in [0, 0.05) is 33.2 Å². The quantitative estimate of drug-likeness (QED) is 0.720. The minimum absolute atomic E-state index is 0.0562. The van der Waals surface area contributed by atoms with Gasteiger partial charge in [-0.05, 0) is 25.7 Å². The normalized spacial score (nSPS) is 22.5. The van der Waals surface area contributed by atoms with E-state index >= 15 is 0 Å². The number of nitrogens with zero attached hydrogens (tertiary/aromatic N) is 1. The number of rotatable bonds is 8. The second-order valence-corrected chi connectivity index (χ2v) is 5.20. The zero-order chi connectivity index (χ0) is 15.0. The van der Waals surface area contributed by atoms with Crippen molar-refractivity contribution in [3.63, 3.8) is 0 Å². The van der Waals surface area contributed by atoms with E-state index in [0.29, 0.717) is 52.0 Å². The molecule has 0 radical (unpaired) electrons. The van der Waals surface area contributed by atoms with E-state index in [0.717, 1.165) is 0 Å². The molecule has 1 aliphatic rings. The van der Waals surface area contributed by atoms with Crippen LogP contribution in [0.15, 0.2) is 0 Å². The molecule has 6 nitrogen and oxygen atoms in total. The predicted molar refractivity (Wildman–Crippen MR) is 73.4 cm³/mol. The van der Waals surface area contributed by atoms with Crippen molar-refractivity contribution < 1.29 is 24.2 Å². The van der Waals surface area contributed by atoms with Crippen LogP contribution in [0.5, 0.6) is 0 Å². The summed E-state index contributed by atoms with van der Waals surface area (Å²) in [7, 11) is 3.22. The van der Waals surface area contributed by atoms with Gasteiger partial charge in [0.15, 0.2) is 0 Å². The SMILES string of the molecule is COCCN(CCOC)C(=O)C1CCC(C(=O)O)CC1. The van der Waals surface area contributed by atoms with Gasteiger partial charge >= 0.3 is 5.97 Å². The zero-order valence-electron chi connectivity index (χ0n) is 12.3. The Balaban J connectivity index is 2.49. The van der Waals surface area contributed by atoms with E-state index in [1.807, 2.05) is 0 Å². The first-order valence-corrected chi connectivity index (χ1v) is 7.09. The first-order valence-electron chi connectivity index (χ1n) is 7.09. The summed E-state index contributed by atoms with van der Waals surface area (Å²) in [4.78, 5) is 25.1. The van der Waals surface area contributed by atoms with Crippen molar-refractivity contribution in [1.82, 2.24) is 4.90 Å². The minimum atomic E-state index is -0.744. The first kappa shape index (κ1) is 16.9. The number of ether oxygens (including phenoxy) is 2. The molecule has 0 aromatic heterocycles. The summed E-state index contributed by atoms with van der Waals surface area (Å²) in [6.07, 6.45) is 2.50. The van der Waals surface area contributed by atoms with Crippen LogP contribution in [0.2, 0.25) is 0 Å². The van der Waals surface area contributed by atoms with E-state index in [4.69, 9.17) is 14.6 Å². The Hall–Kier alpha value is -1.14. The average molecular weight is 287 g/mol. The molecule has 1 saturated carbocycles. The van der Waals surface area contributed by atoms with Crippen molar-refractivity contribution in [2.24, 2.45) is 11.8 Å². The van der Waals surface area contributed by atoms with Crippen molar-refractivity contribution in [2.75, 3.05) is 40.5 Å². The van der Waals surface area contributed by atoms with Crippen molar-refractivity contribution >= 4 is 11.9 Å². The molecule has 0 bridgehead atoms. The second kappa shape index (κ2) is 8.92. The molecule has 0 saturated heterocycles. The Morgan fingerprint density at radius 3 is 1.85 bits per heavy atom. The highest BCUT2D eigenvalue weighted by molar-refractivity contribution is 5.79. The summed E-state index contributed by atoms with van der Waals surface area (Å²) in [5.74, 6) is -0.987. The topological polar surface area (TPSA) is 76.1 Å². The number of carboxylic acids is 1. The molecule has 1 aliphatic carbocycles. The zero-order valence-corrected chi connectivity index (χ0v) is 12.3. The predicted octanol–water partition coefficient (Wildman–Crippen LogP) is 0.999. The molecule has 0 unspecified atom stereocenters. The second-order valence-electron chi connectivity index (χ2n) is 5.20. The fourth-order valence-corrected chi connectivity index (χ4v) is 2.58. The summed E-state index contributed by atoms with van der Waals surface area (Å²) < 4.78 is 10.1. The number of hydrogen-bond acceptors (Lipinski definition) is 4. The van der Waals surface area contributed by atoms with E-state index in [2.05, 4.69) is 0 Å². The van der Waals surface area contributed by atoms with Gasteiger partial charge in [0.25, 0.3) is 0 Å². The Kier molecular flexibility index (Phi) is 7.54. The summed E-state index contributed by atoms with van der Waals surface area (Å²) >= 11 is 0. The number of aliphatic carboxylic acids is 1. The maximum Gasteiger partial charge on any atom is 0.306 e. The molecule has 1 rings (SSSR count). The molecule has 1 amide bonds. The van der Waals surface area contributed by atoms with Gasteiger partial charge in [-0.25, -0.2) is 0 Å². The Bertz CT molecular complexity index is 305. The maximum absolute atomic E-state index is 12.5. The third-order valence-corrected chi connectivity index (χ3v) is 3.87. The Morgan fingerprint density at radius 1 is 1.00 bits per heavy atom. The Morgan fingerprint density at radius 2 is 1.45 bits per heavy atom. The van der Waals surface area contributed by atoms with Crippen molar-refractivity contribution in [3.05, 3.63) is 0 Å². The van der Waals surface area contributed by atoms with Gasteiger partial charge in [0.05, 0.1) is 19.1 Å². The van der Waals surface area contributed by atoms with E-state index in [-0.39, 0.29) is 17.7 Å². The molecule has 0 spiro atoms. The molecule has 0 aromatic rings. The minimum Gasteiger partial charge on any atom is -0.481 e. The summed E-state index contributed by atoms with van der Waals surface area (Å²) in [5, 5.41) is 8.98. The molecule has 0 atom stereocenters. The van der Waals surface area contributed by atoms with Crippen molar-refractivity contribution in [2.45, 2.75) is 25.7 Å². The Labute approximate surface area is 120 Å². The first-order chi connectivity index (χ1) is 9.60. The van der Waals surface area contributed by atoms with Crippen LogP contribution in [0.4, 0.5) is 0 Å². The average Bonchev–Trinajstić information content (AvgIpc) is 2.47. The molecule has 6 heteroatoms. The van der Waals surface area contributed by atoms with Crippen molar-refractivity contribution in [3.8, 4) is 0 Å². The standard InChI is InChI=1S/C14H25NO5/c1-19-9-7-15(8-10-20-2)13(16)11-3-5-12(6-4-11)14(17)18/h11-12H,3-10H2,1-2H3,(H,17,18). The van der Waals surface area contributed by atoms with Crippen LogP contribution in [-0.2, 0) is 19.1 Å². The number of carboxylic acid groups (broad SMARTS) is 1. The van der Waals surface area contributed by atoms with Crippen LogP contribution >= 0.6 is 0 Å². The molecule has 0 aromatic carbocycles. The van der Waals surface area contributed by atoms with Crippen LogP contribution in [0.25, 0.3) is 0 Å². The number of amides is 1. The van der Waals surface area contributed by atoms with Gasteiger partial charge in [-0.1, -0.05) is 0 Å². The lowest BCUT2D eigenvalue weighted by atomic mass is 9.81. The van der Waals surface area contributed by atoms with Gasteiger partial charge in [0.1, 0.15) is 0 Å². The maximum atomic E-state index is 12.5. The lowest BCUT2D eigenvalue weighted by Crippen LogP contribution is -2.41. The number of hydrogen-bond donors (Lipinski definition) is 1. The van der Waals surface area contributed by atoms with Crippen LogP contribution in [0.3, 0.4) is 0 Å². The van der Waals surface area contributed by atoms with E-state index in [1.54, 1.807) is 19.1 Å². The highest BCUT2D eigenvalue weighted by atomic mass is 16.5. The monoisotopic (exact) mass is 287 g/mol. The lowest BCUT2D eigenvalue weighted by molar-refractivity contribution is -0.146. The number of methoxy groups -OCH3 is 2. The molecule has 0 heterocycles. The third kappa shape index (κ3) is 5.09.